The Kier molecular flexibility index (Phi) is 7.96. The molecule has 1 aromatic rings. The van der Waals surface area contributed by atoms with Crippen LogP contribution in [0.1, 0.15) is 32.3 Å². The molecule has 0 aliphatic rings. The Hall–Kier alpha value is -1.55. The van der Waals surface area contributed by atoms with Crippen molar-refractivity contribution >= 4 is 23.4 Å². The quantitative estimate of drug-likeness (QED) is 0.737. The fourth-order valence-electron chi connectivity index (χ4n) is 2.11. The van der Waals surface area contributed by atoms with Crippen molar-refractivity contribution in [2.45, 2.75) is 33.1 Å². The monoisotopic (exact) mass is 324 g/mol. The summed E-state index contributed by atoms with van der Waals surface area (Å²) >= 11 is 5.96. The summed E-state index contributed by atoms with van der Waals surface area (Å²) in [6.45, 7) is 4.97. The van der Waals surface area contributed by atoms with Crippen LogP contribution >= 0.6 is 11.6 Å². The van der Waals surface area contributed by atoms with E-state index in [0.717, 1.165) is 24.9 Å². The van der Waals surface area contributed by atoms with Crippen LogP contribution < -0.4 is 0 Å². The first-order chi connectivity index (χ1) is 10.4. The zero-order chi connectivity index (χ0) is 16.5. The summed E-state index contributed by atoms with van der Waals surface area (Å²) in [7, 11) is 1.78. The Balaban J connectivity index is 2.55. The van der Waals surface area contributed by atoms with Gasteiger partial charge in [0.1, 0.15) is 0 Å². The zero-order valence-corrected chi connectivity index (χ0v) is 14.4. The van der Waals surface area contributed by atoms with Crippen LogP contribution in [0.4, 0.5) is 0 Å². The highest BCUT2D eigenvalue weighted by Crippen LogP contribution is 2.11. The number of hydrogen-bond donors (Lipinski definition) is 0. The van der Waals surface area contributed by atoms with Gasteiger partial charge in [-0.15, -0.1) is 0 Å². The second-order valence-electron chi connectivity index (χ2n) is 5.49. The summed E-state index contributed by atoms with van der Waals surface area (Å²) in [5.74, 6) is -0.103. The number of carbonyl (C=O) groups is 2. The molecule has 1 rings (SSSR count). The number of halogens is 1. The van der Waals surface area contributed by atoms with E-state index in [0.29, 0.717) is 18.0 Å². The van der Waals surface area contributed by atoms with E-state index in [2.05, 4.69) is 6.92 Å². The maximum Gasteiger partial charge on any atom is 0.241 e. The van der Waals surface area contributed by atoms with Crippen molar-refractivity contribution in [3.63, 3.8) is 0 Å². The van der Waals surface area contributed by atoms with Crippen LogP contribution in [0.2, 0.25) is 5.02 Å². The highest BCUT2D eigenvalue weighted by atomic mass is 35.5. The van der Waals surface area contributed by atoms with Gasteiger partial charge in [-0.1, -0.05) is 37.1 Å². The van der Waals surface area contributed by atoms with Gasteiger partial charge in [-0.2, -0.15) is 0 Å². The van der Waals surface area contributed by atoms with Crippen molar-refractivity contribution in [3.8, 4) is 0 Å². The second-order valence-corrected chi connectivity index (χ2v) is 5.93. The molecule has 0 N–H and O–H groups in total. The Bertz CT molecular complexity index is 505. The van der Waals surface area contributed by atoms with Crippen LogP contribution in [-0.4, -0.2) is 48.3 Å². The summed E-state index contributed by atoms with van der Waals surface area (Å²) in [5.41, 5.74) is 1.06. The van der Waals surface area contributed by atoms with Crippen molar-refractivity contribution in [3.05, 3.63) is 34.9 Å². The van der Waals surface area contributed by atoms with E-state index in [1.807, 2.05) is 24.3 Å². The van der Waals surface area contributed by atoms with E-state index in [1.54, 1.807) is 16.8 Å². The largest absolute Gasteiger partial charge is 0.344 e. The highest BCUT2D eigenvalue weighted by Gasteiger charge is 2.16. The smallest absolute Gasteiger partial charge is 0.241 e. The van der Waals surface area contributed by atoms with Gasteiger partial charge in [0, 0.05) is 32.1 Å². The molecule has 0 saturated carbocycles. The lowest BCUT2D eigenvalue weighted by Gasteiger charge is -2.24. The van der Waals surface area contributed by atoms with Gasteiger partial charge in [0.2, 0.25) is 11.8 Å². The molecule has 0 radical (unpaired) electrons. The molecule has 0 unspecified atom stereocenters. The Morgan fingerprint density at radius 3 is 2.55 bits per heavy atom. The number of nitrogens with zero attached hydrogens (tertiary/aromatic N) is 2. The third-order valence-corrected chi connectivity index (χ3v) is 3.84. The molecule has 0 fully saturated rings. The molecule has 0 atom stereocenters. The zero-order valence-electron chi connectivity index (χ0n) is 13.6. The predicted molar refractivity (Wildman–Crippen MR) is 90.0 cm³/mol. The van der Waals surface area contributed by atoms with E-state index in [-0.39, 0.29) is 18.4 Å². The normalized spacial score (nSPS) is 10.4. The van der Waals surface area contributed by atoms with Crippen LogP contribution in [-0.2, 0) is 16.0 Å². The van der Waals surface area contributed by atoms with Crippen LogP contribution in [0.3, 0.4) is 0 Å². The molecule has 0 saturated heterocycles. The van der Waals surface area contributed by atoms with Gasteiger partial charge >= 0.3 is 0 Å². The highest BCUT2D eigenvalue weighted by molar-refractivity contribution is 6.30. The molecule has 0 aromatic heterocycles. The average Bonchev–Trinajstić information content (AvgIpc) is 2.48. The fraction of sp³-hybridized carbons (Fsp3) is 0.529. The van der Waals surface area contributed by atoms with Gasteiger partial charge in [-0.05, 0) is 30.5 Å². The molecule has 0 bridgehead atoms. The summed E-state index contributed by atoms with van der Waals surface area (Å²) < 4.78 is 0. The number of carbonyl (C=O) groups excluding carboxylic acids is 2. The lowest BCUT2D eigenvalue weighted by Crippen LogP contribution is -2.41. The Morgan fingerprint density at radius 2 is 1.95 bits per heavy atom. The summed E-state index contributed by atoms with van der Waals surface area (Å²) in [6, 6.07) is 7.56. The first-order valence-corrected chi connectivity index (χ1v) is 8.05. The minimum absolute atomic E-state index is 0.0188. The van der Waals surface area contributed by atoms with Crippen LogP contribution in [0.25, 0.3) is 0 Å². The summed E-state index contributed by atoms with van der Waals surface area (Å²) in [4.78, 5) is 27.2. The van der Waals surface area contributed by atoms with E-state index in [1.165, 1.54) is 6.92 Å². The lowest BCUT2D eigenvalue weighted by atomic mass is 10.1. The van der Waals surface area contributed by atoms with Gasteiger partial charge in [-0.25, -0.2) is 0 Å². The maximum absolute atomic E-state index is 12.1. The molecule has 0 aliphatic carbocycles. The predicted octanol–water partition coefficient (Wildman–Crippen LogP) is 2.99. The van der Waals surface area contributed by atoms with Gasteiger partial charge in [0.15, 0.2) is 0 Å². The summed E-state index contributed by atoms with van der Waals surface area (Å²) in [5, 5.41) is 0.683. The molecule has 1 aromatic carbocycles. The molecule has 0 aliphatic heterocycles. The summed E-state index contributed by atoms with van der Waals surface area (Å²) in [6.07, 6.45) is 2.71. The Labute approximate surface area is 138 Å². The molecule has 122 valence electrons. The SMILES string of the molecule is CCCCN(C)C(=O)CN(CCc1cccc(Cl)c1)C(C)=O. The minimum Gasteiger partial charge on any atom is -0.344 e. The van der Waals surface area contributed by atoms with Crippen LogP contribution in [0.15, 0.2) is 24.3 Å². The average molecular weight is 325 g/mol. The molecule has 0 heterocycles. The first-order valence-electron chi connectivity index (χ1n) is 7.68. The van der Waals surface area contributed by atoms with Gasteiger partial charge in [0.25, 0.3) is 0 Å². The third kappa shape index (κ3) is 6.48. The molecule has 0 spiro atoms. The molecule has 2 amide bonds. The molecule has 4 nitrogen and oxygen atoms in total. The number of rotatable bonds is 8. The molecule has 5 heteroatoms. The number of hydrogen-bond acceptors (Lipinski definition) is 2. The van der Waals surface area contributed by atoms with Crippen LogP contribution in [0, 0.1) is 0 Å². The molecular formula is C17H25ClN2O2. The fourth-order valence-corrected chi connectivity index (χ4v) is 2.32. The number of unbranched alkanes of at least 4 members (excludes halogenated alkanes) is 1. The van der Waals surface area contributed by atoms with Crippen molar-refractivity contribution in [2.75, 3.05) is 26.7 Å². The van der Waals surface area contributed by atoms with Gasteiger partial charge in [0.05, 0.1) is 6.54 Å². The number of amides is 2. The van der Waals surface area contributed by atoms with Crippen molar-refractivity contribution in [1.29, 1.82) is 0 Å². The van der Waals surface area contributed by atoms with E-state index in [9.17, 15) is 9.59 Å². The molecule has 22 heavy (non-hydrogen) atoms. The standard InChI is InChI=1S/C17H25ClN2O2/c1-4-5-10-19(3)17(22)13-20(14(2)21)11-9-15-7-6-8-16(18)12-15/h6-8,12H,4-5,9-11,13H2,1-3H3. The van der Waals surface area contributed by atoms with Crippen molar-refractivity contribution in [2.24, 2.45) is 0 Å². The van der Waals surface area contributed by atoms with Gasteiger partial charge < -0.3 is 9.80 Å². The molecular weight excluding hydrogens is 300 g/mol. The lowest BCUT2D eigenvalue weighted by molar-refractivity contribution is -0.138. The van der Waals surface area contributed by atoms with E-state index < -0.39 is 0 Å². The van der Waals surface area contributed by atoms with Crippen LogP contribution in [0.5, 0.6) is 0 Å². The Morgan fingerprint density at radius 1 is 1.23 bits per heavy atom. The third-order valence-electron chi connectivity index (χ3n) is 3.60. The van der Waals surface area contributed by atoms with Gasteiger partial charge in [-0.3, -0.25) is 9.59 Å². The van der Waals surface area contributed by atoms with E-state index in [4.69, 9.17) is 11.6 Å². The topological polar surface area (TPSA) is 40.6 Å². The minimum atomic E-state index is -0.0840. The van der Waals surface area contributed by atoms with Crippen molar-refractivity contribution < 1.29 is 9.59 Å². The first kappa shape index (κ1) is 18.5. The van der Waals surface area contributed by atoms with E-state index >= 15 is 0 Å². The number of benzene rings is 1. The maximum atomic E-state index is 12.1. The second kappa shape index (κ2) is 9.46. The van der Waals surface area contributed by atoms with Crippen molar-refractivity contribution in [1.82, 2.24) is 9.80 Å². The number of likely N-dealkylation sites (N-methyl/N-ethyl adjacent to an activating group) is 1.